The first-order valence-electron chi connectivity index (χ1n) is 6.93. The Morgan fingerprint density at radius 2 is 1.59 bits per heavy atom. The normalized spacial score (nSPS) is 10.1. The lowest BCUT2D eigenvalue weighted by Gasteiger charge is -2.14. The van der Waals surface area contributed by atoms with E-state index in [1.54, 1.807) is 31.3 Å². The average molecular weight is 301 g/mol. The lowest BCUT2D eigenvalue weighted by Crippen LogP contribution is -2.25. The van der Waals surface area contributed by atoms with Crippen molar-refractivity contribution < 1.29 is 19.1 Å². The topological polar surface area (TPSA) is 48.0 Å². The van der Waals surface area contributed by atoms with Crippen LogP contribution in [0.25, 0.3) is 0 Å². The van der Waals surface area contributed by atoms with Gasteiger partial charge in [0.15, 0.2) is 0 Å². The first kappa shape index (κ1) is 15.9. The highest BCUT2D eigenvalue weighted by atomic mass is 16.7. The smallest absolute Gasteiger partial charge is 0.277 e. The van der Waals surface area contributed by atoms with Crippen molar-refractivity contribution in [2.45, 2.75) is 0 Å². The molecule has 0 N–H and O–H groups in total. The highest BCUT2D eigenvalue weighted by molar-refractivity contribution is 5.93. The molecule has 0 saturated heterocycles. The SMILES string of the molecule is CON(C)C(=O)c1cccc(OCCOc2ccccc2)c1. The first-order chi connectivity index (χ1) is 10.7. The number of ether oxygens (including phenoxy) is 2. The summed E-state index contributed by atoms with van der Waals surface area (Å²) in [6, 6.07) is 16.5. The number of amides is 1. The van der Waals surface area contributed by atoms with Crippen molar-refractivity contribution in [3.8, 4) is 11.5 Å². The molecule has 2 aromatic rings. The minimum absolute atomic E-state index is 0.228. The number of hydrogen-bond acceptors (Lipinski definition) is 4. The number of nitrogens with zero attached hydrogens (tertiary/aromatic N) is 1. The van der Waals surface area contributed by atoms with Crippen molar-refractivity contribution >= 4 is 5.91 Å². The monoisotopic (exact) mass is 301 g/mol. The van der Waals surface area contributed by atoms with Crippen molar-refractivity contribution in [2.75, 3.05) is 27.4 Å². The Morgan fingerprint density at radius 1 is 0.955 bits per heavy atom. The van der Waals surface area contributed by atoms with Gasteiger partial charge in [0.1, 0.15) is 24.7 Å². The van der Waals surface area contributed by atoms with E-state index in [9.17, 15) is 4.79 Å². The summed E-state index contributed by atoms with van der Waals surface area (Å²) in [7, 11) is 3.00. The largest absolute Gasteiger partial charge is 0.490 e. The van der Waals surface area contributed by atoms with E-state index < -0.39 is 0 Å². The average Bonchev–Trinajstić information content (AvgIpc) is 2.58. The Bertz CT molecular complexity index is 601. The highest BCUT2D eigenvalue weighted by Crippen LogP contribution is 2.15. The Labute approximate surface area is 130 Å². The Morgan fingerprint density at radius 3 is 2.27 bits per heavy atom. The Balaban J connectivity index is 1.84. The third-order valence-corrected chi connectivity index (χ3v) is 3.00. The summed E-state index contributed by atoms with van der Waals surface area (Å²) in [4.78, 5) is 16.8. The van der Waals surface area contributed by atoms with E-state index in [2.05, 4.69) is 0 Å². The van der Waals surface area contributed by atoms with E-state index in [1.807, 2.05) is 30.3 Å². The predicted molar refractivity (Wildman–Crippen MR) is 83.0 cm³/mol. The van der Waals surface area contributed by atoms with Crippen LogP contribution in [-0.2, 0) is 4.84 Å². The van der Waals surface area contributed by atoms with Crippen LogP contribution in [-0.4, -0.2) is 38.3 Å². The molecule has 0 bridgehead atoms. The van der Waals surface area contributed by atoms with Gasteiger partial charge in [-0.2, -0.15) is 0 Å². The van der Waals surface area contributed by atoms with Gasteiger partial charge in [-0.25, -0.2) is 5.06 Å². The molecule has 0 aliphatic heterocycles. The first-order valence-corrected chi connectivity index (χ1v) is 6.93. The number of hydrogen-bond donors (Lipinski definition) is 0. The lowest BCUT2D eigenvalue weighted by molar-refractivity contribution is -0.0757. The van der Waals surface area contributed by atoms with Gasteiger partial charge in [-0.05, 0) is 30.3 Å². The Hall–Kier alpha value is -2.53. The van der Waals surface area contributed by atoms with Gasteiger partial charge in [-0.1, -0.05) is 24.3 Å². The molecule has 0 heterocycles. The van der Waals surface area contributed by atoms with E-state index in [1.165, 1.54) is 7.11 Å². The fraction of sp³-hybridized carbons (Fsp3) is 0.235. The summed E-state index contributed by atoms with van der Waals surface area (Å²) >= 11 is 0. The molecule has 0 aromatic heterocycles. The molecule has 116 valence electrons. The number of benzene rings is 2. The van der Waals surface area contributed by atoms with Gasteiger partial charge in [0.2, 0.25) is 0 Å². The molecule has 0 radical (unpaired) electrons. The highest BCUT2D eigenvalue weighted by Gasteiger charge is 2.11. The van der Waals surface area contributed by atoms with Crippen molar-refractivity contribution in [3.05, 3.63) is 60.2 Å². The molecule has 0 aliphatic rings. The fourth-order valence-corrected chi connectivity index (χ4v) is 1.82. The predicted octanol–water partition coefficient (Wildman–Crippen LogP) is 2.78. The second-order valence-corrected chi connectivity index (χ2v) is 4.52. The van der Waals surface area contributed by atoms with Crippen LogP contribution in [0.4, 0.5) is 0 Å². The van der Waals surface area contributed by atoms with Crippen molar-refractivity contribution in [1.82, 2.24) is 5.06 Å². The number of para-hydroxylation sites is 1. The van der Waals surface area contributed by atoms with E-state index >= 15 is 0 Å². The van der Waals surface area contributed by atoms with Crippen LogP contribution in [0.15, 0.2) is 54.6 Å². The van der Waals surface area contributed by atoms with Gasteiger partial charge in [-0.3, -0.25) is 9.63 Å². The third kappa shape index (κ3) is 4.49. The molecule has 0 unspecified atom stereocenters. The summed E-state index contributed by atoms with van der Waals surface area (Å²) in [6.45, 7) is 0.826. The zero-order valence-corrected chi connectivity index (χ0v) is 12.7. The number of hydroxylamine groups is 2. The van der Waals surface area contributed by atoms with E-state index in [0.717, 1.165) is 10.8 Å². The van der Waals surface area contributed by atoms with Crippen LogP contribution in [0.3, 0.4) is 0 Å². The molecule has 5 nitrogen and oxygen atoms in total. The second-order valence-electron chi connectivity index (χ2n) is 4.52. The van der Waals surface area contributed by atoms with E-state index in [4.69, 9.17) is 14.3 Å². The van der Waals surface area contributed by atoms with Crippen molar-refractivity contribution in [1.29, 1.82) is 0 Å². The second kappa shape index (κ2) is 8.05. The minimum atomic E-state index is -0.228. The Kier molecular flexibility index (Phi) is 5.80. The van der Waals surface area contributed by atoms with Crippen LogP contribution in [0, 0.1) is 0 Å². The minimum Gasteiger partial charge on any atom is -0.490 e. The maximum Gasteiger partial charge on any atom is 0.277 e. The lowest BCUT2D eigenvalue weighted by atomic mass is 10.2. The molecule has 2 rings (SSSR count). The van der Waals surface area contributed by atoms with E-state index in [0.29, 0.717) is 24.5 Å². The third-order valence-electron chi connectivity index (χ3n) is 3.00. The van der Waals surface area contributed by atoms with Gasteiger partial charge in [0, 0.05) is 12.6 Å². The number of carbonyl (C=O) groups is 1. The number of rotatable bonds is 7. The maximum atomic E-state index is 12.0. The summed E-state index contributed by atoms with van der Waals surface area (Å²) in [5, 5.41) is 1.16. The van der Waals surface area contributed by atoms with Gasteiger partial charge in [-0.15, -0.1) is 0 Å². The van der Waals surface area contributed by atoms with Crippen molar-refractivity contribution in [2.24, 2.45) is 0 Å². The molecule has 0 saturated carbocycles. The van der Waals surface area contributed by atoms with Crippen LogP contribution in [0.5, 0.6) is 11.5 Å². The molecule has 0 aliphatic carbocycles. The molecule has 0 spiro atoms. The summed E-state index contributed by atoms with van der Waals surface area (Å²) in [6.07, 6.45) is 0. The van der Waals surface area contributed by atoms with Crippen molar-refractivity contribution in [3.63, 3.8) is 0 Å². The summed E-state index contributed by atoms with van der Waals surface area (Å²) in [5.74, 6) is 1.19. The summed E-state index contributed by atoms with van der Waals surface area (Å²) in [5.41, 5.74) is 0.505. The van der Waals surface area contributed by atoms with Crippen LogP contribution in [0.2, 0.25) is 0 Å². The molecular weight excluding hydrogens is 282 g/mol. The fourth-order valence-electron chi connectivity index (χ4n) is 1.82. The molecule has 2 aromatic carbocycles. The maximum absolute atomic E-state index is 12.0. The molecular formula is C17H19NO4. The van der Waals surface area contributed by atoms with Gasteiger partial charge in [0.05, 0.1) is 7.11 Å². The van der Waals surface area contributed by atoms with Crippen LogP contribution in [0.1, 0.15) is 10.4 Å². The number of carbonyl (C=O) groups excluding carboxylic acids is 1. The molecule has 22 heavy (non-hydrogen) atoms. The summed E-state index contributed by atoms with van der Waals surface area (Å²) < 4.78 is 11.1. The zero-order chi connectivity index (χ0) is 15.8. The van der Waals surface area contributed by atoms with E-state index in [-0.39, 0.29) is 5.91 Å². The standard InChI is InChI=1S/C17H19NO4/c1-18(20-2)17(19)14-7-6-10-16(13-14)22-12-11-21-15-8-4-3-5-9-15/h3-10,13H,11-12H2,1-2H3. The molecule has 5 heteroatoms. The van der Waals surface area contributed by atoms with Gasteiger partial charge >= 0.3 is 0 Å². The quantitative estimate of drug-likeness (QED) is 0.583. The zero-order valence-electron chi connectivity index (χ0n) is 12.7. The van der Waals surface area contributed by atoms with Gasteiger partial charge in [0.25, 0.3) is 5.91 Å². The molecule has 0 fully saturated rings. The molecule has 1 amide bonds. The van der Waals surface area contributed by atoms with Crippen LogP contribution < -0.4 is 9.47 Å². The van der Waals surface area contributed by atoms with Gasteiger partial charge < -0.3 is 9.47 Å². The molecule has 0 atom stereocenters. The van der Waals surface area contributed by atoms with Crippen LogP contribution >= 0.6 is 0 Å².